The first-order chi connectivity index (χ1) is 6.38. The first kappa shape index (κ1) is 10.9. The Morgan fingerprint density at radius 1 is 1.29 bits per heavy atom. The zero-order valence-corrected chi connectivity index (χ0v) is 8.83. The van der Waals surface area contributed by atoms with Crippen molar-refractivity contribution in [3.8, 4) is 5.75 Å². The van der Waals surface area contributed by atoms with Crippen LogP contribution in [-0.4, -0.2) is 10.2 Å². The number of anilines is 1. The van der Waals surface area contributed by atoms with E-state index in [-0.39, 0.29) is 17.8 Å². The third-order valence-electron chi connectivity index (χ3n) is 2.23. The first-order valence-corrected chi connectivity index (χ1v) is 4.59. The zero-order chi connectivity index (χ0) is 10.9. The van der Waals surface area contributed by atoms with E-state index < -0.39 is 0 Å². The molecule has 0 radical (unpaired) electrons. The molecule has 0 aliphatic carbocycles. The van der Waals surface area contributed by atoms with E-state index in [2.05, 4.69) is 0 Å². The zero-order valence-electron chi connectivity index (χ0n) is 8.83. The van der Waals surface area contributed by atoms with Crippen LogP contribution in [0.3, 0.4) is 0 Å². The summed E-state index contributed by atoms with van der Waals surface area (Å²) in [6, 6.07) is 3.17. The number of nitrogen functional groups attached to an aromatic ring is 1. The highest BCUT2D eigenvalue weighted by molar-refractivity contribution is 5.58. The number of aliphatic hydroxyl groups is 1. The van der Waals surface area contributed by atoms with Crippen LogP contribution in [0.1, 0.15) is 31.9 Å². The van der Waals surface area contributed by atoms with Gasteiger partial charge in [-0.1, -0.05) is 20.8 Å². The van der Waals surface area contributed by atoms with E-state index in [0.29, 0.717) is 11.3 Å². The molecule has 0 fully saturated rings. The van der Waals surface area contributed by atoms with Gasteiger partial charge >= 0.3 is 0 Å². The number of nitrogens with two attached hydrogens (primary N) is 1. The monoisotopic (exact) mass is 195 g/mol. The van der Waals surface area contributed by atoms with Crippen molar-refractivity contribution in [3.05, 3.63) is 23.3 Å². The molecule has 3 heteroatoms. The van der Waals surface area contributed by atoms with E-state index in [9.17, 15) is 10.2 Å². The average Bonchev–Trinajstić information content (AvgIpc) is 2.06. The molecular formula is C11H17NO2. The first-order valence-electron chi connectivity index (χ1n) is 4.59. The smallest absolute Gasteiger partial charge is 0.121 e. The van der Waals surface area contributed by atoms with E-state index in [1.807, 2.05) is 20.8 Å². The summed E-state index contributed by atoms with van der Waals surface area (Å²) in [7, 11) is 0. The maximum Gasteiger partial charge on any atom is 0.121 e. The molecule has 1 rings (SSSR count). The number of phenols is 1. The molecule has 0 atom stereocenters. The third kappa shape index (κ3) is 1.82. The van der Waals surface area contributed by atoms with Crippen molar-refractivity contribution >= 4 is 5.69 Å². The summed E-state index contributed by atoms with van der Waals surface area (Å²) in [6.07, 6.45) is 0. The minimum atomic E-state index is -0.191. The molecule has 78 valence electrons. The SMILES string of the molecule is CC(C)(C)c1c(N)ccc(O)c1CO. The lowest BCUT2D eigenvalue weighted by Crippen LogP contribution is -2.17. The van der Waals surface area contributed by atoms with Crippen LogP contribution in [0.15, 0.2) is 12.1 Å². The van der Waals surface area contributed by atoms with E-state index in [1.54, 1.807) is 6.07 Å². The second-order valence-electron chi connectivity index (χ2n) is 4.44. The molecule has 0 amide bonds. The Balaban J connectivity index is 3.46. The highest BCUT2D eigenvalue weighted by Crippen LogP contribution is 2.35. The summed E-state index contributed by atoms with van der Waals surface area (Å²) in [6.45, 7) is 5.80. The lowest BCUT2D eigenvalue weighted by molar-refractivity contribution is 0.272. The molecule has 0 aliphatic rings. The highest BCUT2D eigenvalue weighted by atomic mass is 16.3. The average molecular weight is 195 g/mol. The molecule has 1 aromatic rings. The molecule has 14 heavy (non-hydrogen) atoms. The number of aromatic hydroxyl groups is 1. The summed E-state index contributed by atoms with van der Waals surface area (Å²) in [5.41, 5.74) is 7.61. The maximum atomic E-state index is 9.56. The van der Waals surface area contributed by atoms with Gasteiger partial charge in [0.25, 0.3) is 0 Å². The van der Waals surface area contributed by atoms with Crippen molar-refractivity contribution < 1.29 is 10.2 Å². The Morgan fingerprint density at radius 2 is 1.86 bits per heavy atom. The second-order valence-corrected chi connectivity index (χ2v) is 4.44. The molecule has 0 saturated heterocycles. The van der Waals surface area contributed by atoms with Gasteiger partial charge in [0, 0.05) is 11.3 Å². The van der Waals surface area contributed by atoms with Crippen LogP contribution in [-0.2, 0) is 12.0 Å². The lowest BCUT2D eigenvalue weighted by atomic mass is 9.82. The number of hydrogen-bond donors (Lipinski definition) is 3. The van der Waals surface area contributed by atoms with Gasteiger partial charge in [0.15, 0.2) is 0 Å². The Labute approximate surface area is 84.2 Å². The molecule has 0 bridgehead atoms. The molecular weight excluding hydrogens is 178 g/mol. The van der Waals surface area contributed by atoms with Crippen LogP contribution < -0.4 is 5.73 Å². The molecule has 1 aromatic carbocycles. The molecule has 0 spiro atoms. The standard InChI is InChI=1S/C11H17NO2/c1-11(2,3)10-7(6-13)9(14)5-4-8(10)12/h4-5,13-14H,6,12H2,1-3H3. The van der Waals surface area contributed by atoms with Gasteiger partial charge in [-0.15, -0.1) is 0 Å². The fourth-order valence-corrected chi connectivity index (χ4v) is 1.70. The van der Waals surface area contributed by atoms with Crippen molar-refractivity contribution in [1.29, 1.82) is 0 Å². The molecule has 4 N–H and O–H groups in total. The van der Waals surface area contributed by atoms with Crippen molar-refractivity contribution in [2.75, 3.05) is 5.73 Å². The Kier molecular flexibility index (Phi) is 2.71. The highest BCUT2D eigenvalue weighted by Gasteiger charge is 2.22. The molecule has 3 nitrogen and oxygen atoms in total. The minimum Gasteiger partial charge on any atom is -0.508 e. The van der Waals surface area contributed by atoms with Gasteiger partial charge in [0.2, 0.25) is 0 Å². The number of benzene rings is 1. The van der Waals surface area contributed by atoms with Gasteiger partial charge in [-0.3, -0.25) is 0 Å². The van der Waals surface area contributed by atoms with Crippen LogP contribution in [0.5, 0.6) is 5.75 Å². The fourth-order valence-electron chi connectivity index (χ4n) is 1.70. The Morgan fingerprint density at radius 3 is 2.21 bits per heavy atom. The number of hydrogen-bond acceptors (Lipinski definition) is 3. The quantitative estimate of drug-likeness (QED) is 0.472. The van der Waals surface area contributed by atoms with Crippen LogP contribution in [0.25, 0.3) is 0 Å². The Bertz CT molecular complexity index is 340. The van der Waals surface area contributed by atoms with Crippen LogP contribution in [0.2, 0.25) is 0 Å². The molecule has 0 unspecified atom stereocenters. The topological polar surface area (TPSA) is 66.5 Å². The molecule has 0 aromatic heterocycles. The maximum absolute atomic E-state index is 9.56. The van der Waals surface area contributed by atoms with Crippen molar-refractivity contribution in [3.63, 3.8) is 0 Å². The van der Waals surface area contributed by atoms with Gasteiger partial charge < -0.3 is 15.9 Å². The van der Waals surface area contributed by atoms with Crippen LogP contribution in [0.4, 0.5) is 5.69 Å². The van der Waals surface area contributed by atoms with Gasteiger partial charge in [0.05, 0.1) is 6.61 Å². The number of aliphatic hydroxyl groups excluding tert-OH is 1. The van der Waals surface area contributed by atoms with Crippen molar-refractivity contribution in [2.24, 2.45) is 0 Å². The molecule has 0 aliphatic heterocycles. The van der Waals surface area contributed by atoms with Gasteiger partial charge in [-0.25, -0.2) is 0 Å². The Hall–Kier alpha value is -1.22. The summed E-state index contributed by atoms with van der Waals surface area (Å²) in [5, 5.41) is 18.7. The summed E-state index contributed by atoms with van der Waals surface area (Å²) >= 11 is 0. The van der Waals surface area contributed by atoms with Gasteiger partial charge in [-0.05, 0) is 23.1 Å². The third-order valence-corrected chi connectivity index (χ3v) is 2.23. The van der Waals surface area contributed by atoms with E-state index in [4.69, 9.17) is 5.73 Å². The predicted molar refractivity (Wildman–Crippen MR) is 57.1 cm³/mol. The minimum absolute atomic E-state index is 0.103. The molecule has 0 heterocycles. The van der Waals surface area contributed by atoms with E-state index in [1.165, 1.54) is 6.07 Å². The van der Waals surface area contributed by atoms with Crippen molar-refractivity contribution in [2.45, 2.75) is 32.8 Å². The van der Waals surface area contributed by atoms with Crippen LogP contribution in [0, 0.1) is 0 Å². The van der Waals surface area contributed by atoms with Crippen molar-refractivity contribution in [1.82, 2.24) is 0 Å². The largest absolute Gasteiger partial charge is 0.508 e. The second kappa shape index (κ2) is 3.50. The van der Waals surface area contributed by atoms with E-state index in [0.717, 1.165) is 5.56 Å². The number of rotatable bonds is 1. The predicted octanol–water partition coefficient (Wildman–Crippen LogP) is 1.76. The lowest BCUT2D eigenvalue weighted by Gasteiger charge is -2.24. The van der Waals surface area contributed by atoms with Gasteiger partial charge in [-0.2, -0.15) is 0 Å². The molecule has 0 saturated carbocycles. The summed E-state index contributed by atoms with van der Waals surface area (Å²) in [4.78, 5) is 0. The summed E-state index contributed by atoms with van der Waals surface area (Å²) < 4.78 is 0. The van der Waals surface area contributed by atoms with E-state index >= 15 is 0 Å². The normalized spacial score (nSPS) is 11.7. The van der Waals surface area contributed by atoms with Gasteiger partial charge in [0.1, 0.15) is 5.75 Å². The fraction of sp³-hybridized carbons (Fsp3) is 0.455. The van der Waals surface area contributed by atoms with Crippen LogP contribution >= 0.6 is 0 Å². The summed E-state index contributed by atoms with van der Waals surface area (Å²) in [5.74, 6) is 0.103.